The van der Waals surface area contributed by atoms with Crippen LogP contribution in [0, 0.1) is 0 Å². The number of hydrogen-bond donors (Lipinski definition) is 2. The normalized spacial score (nSPS) is 18.2. The van der Waals surface area contributed by atoms with Crippen molar-refractivity contribution in [2.45, 2.75) is 25.0 Å². The van der Waals surface area contributed by atoms with Gasteiger partial charge in [0.05, 0.1) is 27.4 Å². The molecule has 1 aliphatic rings. The summed E-state index contributed by atoms with van der Waals surface area (Å²) in [6.07, 6.45) is -0.548. The van der Waals surface area contributed by atoms with Gasteiger partial charge in [-0.05, 0) is 25.0 Å². The van der Waals surface area contributed by atoms with Crippen LogP contribution in [0.5, 0.6) is 17.2 Å². The Morgan fingerprint density at radius 3 is 2.21 bits per heavy atom. The average Bonchev–Trinajstić information content (AvgIpc) is 3.08. The lowest BCUT2D eigenvalue weighted by Crippen LogP contribution is -2.46. The molecule has 1 heterocycles. The van der Waals surface area contributed by atoms with Gasteiger partial charge in [0.1, 0.15) is 0 Å². The van der Waals surface area contributed by atoms with Crippen molar-refractivity contribution in [3.8, 4) is 17.2 Å². The van der Waals surface area contributed by atoms with E-state index in [1.165, 1.54) is 38.4 Å². The number of amides is 1. The number of carbonyl (C=O) groups is 2. The predicted molar refractivity (Wildman–Crippen MR) is 83.8 cm³/mol. The molecule has 2 unspecified atom stereocenters. The Morgan fingerprint density at radius 1 is 1.17 bits per heavy atom. The number of carboxylic acid groups (broad SMARTS) is 1. The summed E-state index contributed by atoms with van der Waals surface area (Å²) in [7, 11) is 4.35. The summed E-state index contributed by atoms with van der Waals surface area (Å²) in [5.74, 6) is -0.716. The number of carboxylic acids is 1. The molecule has 1 aromatic carbocycles. The van der Waals surface area contributed by atoms with Gasteiger partial charge in [0.15, 0.2) is 17.6 Å². The second-order valence-electron chi connectivity index (χ2n) is 5.41. The SMILES string of the molecule is COc1cc(C(=O)N2CCCC2C(O)C(=O)O)cc(OC)c1OC. The molecule has 24 heavy (non-hydrogen) atoms. The van der Waals surface area contributed by atoms with Crippen molar-refractivity contribution in [1.82, 2.24) is 4.90 Å². The van der Waals surface area contributed by atoms with E-state index in [0.717, 1.165) is 0 Å². The third-order valence-electron chi connectivity index (χ3n) is 4.09. The topological polar surface area (TPSA) is 106 Å². The second-order valence-corrected chi connectivity index (χ2v) is 5.41. The van der Waals surface area contributed by atoms with Gasteiger partial charge in [-0.1, -0.05) is 0 Å². The quantitative estimate of drug-likeness (QED) is 0.788. The number of aliphatic hydroxyl groups is 1. The minimum Gasteiger partial charge on any atom is -0.493 e. The van der Waals surface area contributed by atoms with E-state index < -0.39 is 24.0 Å². The zero-order valence-electron chi connectivity index (χ0n) is 13.8. The number of ether oxygens (including phenoxy) is 3. The molecule has 2 atom stereocenters. The molecular formula is C16H21NO7. The molecule has 8 heteroatoms. The standard InChI is InChI=1S/C16H21NO7/c1-22-11-7-9(8-12(23-2)14(11)24-3)15(19)17-6-4-5-10(17)13(18)16(20)21/h7-8,10,13,18H,4-6H2,1-3H3,(H,20,21). The van der Waals surface area contributed by atoms with Gasteiger partial charge in [-0.25, -0.2) is 4.79 Å². The van der Waals surface area contributed by atoms with Crippen LogP contribution in [0.15, 0.2) is 12.1 Å². The fraction of sp³-hybridized carbons (Fsp3) is 0.500. The second kappa shape index (κ2) is 7.39. The van der Waals surface area contributed by atoms with Crippen molar-refractivity contribution < 1.29 is 34.0 Å². The van der Waals surface area contributed by atoms with Crippen molar-refractivity contribution in [1.29, 1.82) is 0 Å². The zero-order chi connectivity index (χ0) is 17.9. The van der Waals surface area contributed by atoms with Gasteiger partial charge in [-0.2, -0.15) is 0 Å². The van der Waals surface area contributed by atoms with Crippen LogP contribution >= 0.6 is 0 Å². The fourth-order valence-electron chi connectivity index (χ4n) is 2.91. The van der Waals surface area contributed by atoms with Gasteiger partial charge in [-0.3, -0.25) is 4.79 Å². The number of nitrogens with zero attached hydrogens (tertiary/aromatic N) is 1. The molecule has 2 rings (SSSR count). The van der Waals surface area contributed by atoms with Gasteiger partial charge in [0.2, 0.25) is 5.75 Å². The van der Waals surface area contributed by atoms with E-state index >= 15 is 0 Å². The van der Waals surface area contributed by atoms with E-state index in [-0.39, 0.29) is 5.56 Å². The Morgan fingerprint density at radius 2 is 1.75 bits per heavy atom. The number of likely N-dealkylation sites (tertiary alicyclic amines) is 1. The first-order valence-electron chi connectivity index (χ1n) is 7.46. The number of carbonyl (C=O) groups excluding carboxylic acids is 1. The third-order valence-corrected chi connectivity index (χ3v) is 4.09. The molecule has 1 amide bonds. The molecule has 0 spiro atoms. The maximum absolute atomic E-state index is 12.8. The number of aliphatic hydroxyl groups excluding tert-OH is 1. The first kappa shape index (κ1) is 17.9. The Kier molecular flexibility index (Phi) is 5.50. The molecule has 1 fully saturated rings. The molecule has 1 saturated heterocycles. The highest BCUT2D eigenvalue weighted by Gasteiger charge is 2.38. The van der Waals surface area contributed by atoms with E-state index in [2.05, 4.69) is 0 Å². The summed E-state index contributed by atoms with van der Waals surface area (Å²) < 4.78 is 15.7. The van der Waals surface area contributed by atoms with Crippen LogP contribution in [0.4, 0.5) is 0 Å². The molecule has 1 aromatic rings. The molecular weight excluding hydrogens is 318 g/mol. The summed E-state index contributed by atoms with van der Waals surface area (Å²) in [6.45, 7) is 0.379. The van der Waals surface area contributed by atoms with Crippen molar-refractivity contribution in [2.24, 2.45) is 0 Å². The molecule has 1 aliphatic heterocycles. The van der Waals surface area contributed by atoms with Crippen LogP contribution < -0.4 is 14.2 Å². The van der Waals surface area contributed by atoms with Crippen LogP contribution in [0.1, 0.15) is 23.2 Å². The van der Waals surface area contributed by atoms with Gasteiger partial charge in [0.25, 0.3) is 5.91 Å². The molecule has 0 aliphatic carbocycles. The minimum atomic E-state index is -1.61. The maximum Gasteiger partial charge on any atom is 0.334 e. The summed E-state index contributed by atoms with van der Waals surface area (Å²) in [5, 5.41) is 18.8. The molecule has 2 N–H and O–H groups in total. The lowest BCUT2D eigenvalue weighted by Gasteiger charge is -2.27. The largest absolute Gasteiger partial charge is 0.493 e. The Hall–Kier alpha value is -2.48. The van der Waals surface area contributed by atoms with Crippen molar-refractivity contribution in [2.75, 3.05) is 27.9 Å². The molecule has 132 valence electrons. The lowest BCUT2D eigenvalue weighted by molar-refractivity contribution is -0.149. The number of rotatable bonds is 6. The van der Waals surface area contributed by atoms with Crippen molar-refractivity contribution >= 4 is 11.9 Å². The van der Waals surface area contributed by atoms with Crippen molar-refractivity contribution in [3.63, 3.8) is 0 Å². The molecule has 8 nitrogen and oxygen atoms in total. The van der Waals surface area contributed by atoms with Crippen LogP contribution in [0.3, 0.4) is 0 Å². The van der Waals surface area contributed by atoms with Gasteiger partial charge < -0.3 is 29.3 Å². The molecule has 0 radical (unpaired) electrons. The lowest BCUT2D eigenvalue weighted by atomic mass is 10.1. The number of methoxy groups -OCH3 is 3. The average molecular weight is 339 g/mol. The van der Waals surface area contributed by atoms with E-state index in [1.54, 1.807) is 0 Å². The zero-order valence-corrected chi connectivity index (χ0v) is 13.8. The summed E-state index contributed by atoms with van der Waals surface area (Å²) in [4.78, 5) is 25.2. The van der Waals surface area contributed by atoms with Crippen LogP contribution in [0.2, 0.25) is 0 Å². The summed E-state index contributed by atoms with van der Waals surface area (Å²) in [5.41, 5.74) is 0.272. The van der Waals surface area contributed by atoms with Gasteiger partial charge in [-0.15, -0.1) is 0 Å². The summed E-state index contributed by atoms with van der Waals surface area (Å²) in [6, 6.07) is 2.26. The Labute approximate surface area is 139 Å². The van der Waals surface area contributed by atoms with Gasteiger partial charge >= 0.3 is 5.97 Å². The highest BCUT2D eigenvalue weighted by Crippen LogP contribution is 2.39. The molecule has 0 bridgehead atoms. The van der Waals surface area contributed by atoms with E-state index in [1.807, 2.05) is 0 Å². The Bertz CT molecular complexity index is 606. The highest BCUT2D eigenvalue weighted by molar-refractivity contribution is 5.96. The summed E-state index contributed by atoms with van der Waals surface area (Å²) >= 11 is 0. The van der Waals surface area contributed by atoms with Crippen molar-refractivity contribution in [3.05, 3.63) is 17.7 Å². The number of hydrogen-bond acceptors (Lipinski definition) is 6. The van der Waals surface area contributed by atoms with Gasteiger partial charge in [0, 0.05) is 12.1 Å². The van der Waals surface area contributed by atoms with E-state index in [4.69, 9.17) is 19.3 Å². The Balaban J connectivity index is 2.37. The monoisotopic (exact) mass is 339 g/mol. The number of aliphatic carboxylic acids is 1. The van der Waals surface area contributed by atoms with E-state index in [0.29, 0.717) is 36.6 Å². The van der Waals surface area contributed by atoms with Crippen LogP contribution in [0.25, 0.3) is 0 Å². The first-order chi connectivity index (χ1) is 11.4. The van der Waals surface area contributed by atoms with Crippen LogP contribution in [-0.2, 0) is 4.79 Å². The highest BCUT2D eigenvalue weighted by atomic mass is 16.5. The number of benzene rings is 1. The smallest absolute Gasteiger partial charge is 0.334 e. The molecule has 0 saturated carbocycles. The minimum absolute atomic E-state index is 0.272. The third kappa shape index (κ3) is 3.23. The molecule has 0 aromatic heterocycles. The van der Waals surface area contributed by atoms with E-state index in [9.17, 15) is 14.7 Å². The fourth-order valence-corrected chi connectivity index (χ4v) is 2.91. The van der Waals surface area contributed by atoms with Crippen LogP contribution in [-0.4, -0.2) is 67.0 Å². The predicted octanol–water partition coefficient (Wildman–Crippen LogP) is 0.762. The first-order valence-corrected chi connectivity index (χ1v) is 7.46. The maximum atomic E-state index is 12.8.